The summed E-state index contributed by atoms with van der Waals surface area (Å²) >= 11 is 3.83. The Labute approximate surface area is 103 Å². The first-order chi connectivity index (χ1) is 7.57. The van der Waals surface area contributed by atoms with Crippen molar-refractivity contribution in [3.8, 4) is 0 Å². The Bertz CT molecular complexity index is 372. The fourth-order valence-corrected chi connectivity index (χ4v) is 1.57. The lowest BCUT2D eigenvalue weighted by Gasteiger charge is -2.16. The van der Waals surface area contributed by atoms with E-state index in [-0.39, 0.29) is 5.92 Å². The van der Waals surface area contributed by atoms with Crippen LogP contribution in [-0.2, 0) is 0 Å². The number of hydrogen-bond donors (Lipinski definition) is 2. The van der Waals surface area contributed by atoms with Crippen LogP contribution in [0.2, 0.25) is 0 Å². The lowest BCUT2D eigenvalue weighted by Crippen LogP contribution is -2.10. The maximum Gasteiger partial charge on any atom is 0.0311 e. The molecular weight excluding hydrogens is 216 g/mol. The SMILES string of the molecule is C=S.Cc1cccc(C(C)/C(N)=C/N)c1C. The molecule has 0 amide bonds. The zero-order chi connectivity index (χ0) is 12.7. The average Bonchev–Trinajstić information content (AvgIpc) is 2.33. The summed E-state index contributed by atoms with van der Waals surface area (Å²) in [7, 11) is 0. The van der Waals surface area contributed by atoms with Crippen LogP contribution in [-0.4, -0.2) is 5.87 Å². The molecule has 0 saturated carbocycles. The van der Waals surface area contributed by atoms with Crippen molar-refractivity contribution in [2.24, 2.45) is 11.5 Å². The second-order valence-corrected chi connectivity index (χ2v) is 3.68. The van der Waals surface area contributed by atoms with Crippen LogP contribution in [0.5, 0.6) is 0 Å². The highest BCUT2D eigenvalue weighted by atomic mass is 32.1. The molecule has 0 aromatic heterocycles. The average molecular weight is 236 g/mol. The van der Waals surface area contributed by atoms with Crippen LogP contribution in [0.1, 0.15) is 29.5 Å². The summed E-state index contributed by atoms with van der Waals surface area (Å²) in [5, 5.41) is 0. The van der Waals surface area contributed by atoms with Crippen molar-refractivity contribution in [1.29, 1.82) is 0 Å². The number of thiocarbonyl (C=S) groups is 1. The van der Waals surface area contributed by atoms with Crippen molar-refractivity contribution in [2.45, 2.75) is 26.7 Å². The number of hydrogen-bond acceptors (Lipinski definition) is 3. The van der Waals surface area contributed by atoms with E-state index in [4.69, 9.17) is 11.5 Å². The lowest BCUT2D eigenvalue weighted by molar-refractivity contribution is 0.860. The summed E-state index contributed by atoms with van der Waals surface area (Å²) in [6, 6.07) is 6.26. The molecule has 3 heteroatoms. The smallest absolute Gasteiger partial charge is 0.0311 e. The van der Waals surface area contributed by atoms with Crippen molar-refractivity contribution in [3.63, 3.8) is 0 Å². The van der Waals surface area contributed by atoms with E-state index >= 15 is 0 Å². The fraction of sp³-hybridized carbons (Fsp3) is 0.308. The Morgan fingerprint density at radius 2 is 1.94 bits per heavy atom. The molecule has 1 atom stereocenters. The minimum atomic E-state index is 0.194. The van der Waals surface area contributed by atoms with Crippen molar-refractivity contribution in [3.05, 3.63) is 46.8 Å². The minimum absolute atomic E-state index is 0.194. The molecule has 1 aromatic rings. The molecule has 4 N–H and O–H groups in total. The fourth-order valence-electron chi connectivity index (χ4n) is 1.57. The monoisotopic (exact) mass is 236 g/mol. The lowest BCUT2D eigenvalue weighted by atomic mass is 9.92. The third-order valence-corrected chi connectivity index (χ3v) is 2.81. The summed E-state index contributed by atoms with van der Waals surface area (Å²) in [5.41, 5.74) is 15.8. The maximum atomic E-state index is 5.80. The summed E-state index contributed by atoms with van der Waals surface area (Å²) in [6.45, 7) is 6.29. The summed E-state index contributed by atoms with van der Waals surface area (Å²) in [4.78, 5) is 0. The summed E-state index contributed by atoms with van der Waals surface area (Å²) in [5.74, 6) is 3.03. The van der Waals surface area contributed by atoms with Gasteiger partial charge in [0.2, 0.25) is 0 Å². The molecule has 1 rings (SSSR count). The Morgan fingerprint density at radius 3 is 2.44 bits per heavy atom. The number of nitrogens with two attached hydrogens (primary N) is 2. The van der Waals surface area contributed by atoms with Gasteiger partial charge in [-0.1, -0.05) is 37.3 Å². The van der Waals surface area contributed by atoms with Crippen molar-refractivity contribution < 1.29 is 0 Å². The third kappa shape index (κ3) is 3.35. The molecule has 16 heavy (non-hydrogen) atoms. The molecule has 0 heterocycles. The molecule has 0 aliphatic rings. The van der Waals surface area contributed by atoms with Crippen molar-refractivity contribution in [2.75, 3.05) is 0 Å². The van der Waals surface area contributed by atoms with Gasteiger partial charge in [0.15, 0.2) is 0 Å². The topological polar surface area (TPSA) is 52.0 Å². The zero-order valence-corrected chi connectivity index (χ0v) is 11.0. The molecule has 0 saturated heterocycles. The predicted molar refractivity (Wildman–Crippen MR) is 75.5 cm³/mol. The Kier molecular flexibility index (Phi) is 6.42. The van der Waals surface area contributed by atoms with Gasteiger partial charge in [0.1, 0.15) is 0 Å². The first-order valence-corrected chi connectivity index (χ1v) is 5.68. The van der Waals surface area contributed by atoms with E-state index in [2.05, 4.69) is 57.1 Å². The van der Waals surface area contributed by atoms with Crippen LogP contribution in [0.25, 0.3) is 0 Å². The van der Waals surface area contributed by atoms with Gasteiger partial charge in [-0.2, -0.15) is 0 Å². The van der Waals surface area contributed by atoms with Crippen LogP contribution >= 0.6 is 12.2 Å². The van der Waals surface area contributed by atoms with E-state index in [0.29, 0.717) is 0 Å². The van der Waals surface area contributed by atoms with Crippen LogP contribution < -0.4 is 11.5 Å². The molecule has 0 aliphatic carbocycles. The van der Waals surface area contributed by atoms with E-state index in [1.807, 2.05) is 0 Å². The van der Waals surface area contributed by atoms with Gasteiger partial charge in [0.25, 0.3) is 0 Å². The largest absolute Gasteiger partial charge is 0.403 e. The van der Waals surface area contributed by atoms with E-state index in [0.717, 1.165) is 5.70 Å². The van der Waals surface area contributed by atoms with Crippen LogP contribution in [0.4, 0.5) is 0 Å². The van der Waals surface area contributed by atoms with Gasteiger partial charge in [0.05, 0.1) is 0 Å². The molecule has 88 valence electrons. The van der Waals surface area contributed by atoms with Crippen molar-refractivity contribution >= 4 is 18.1 Å². The van der Waals surface area contributed by atoms with Gasteiger partial charge in [0, 0.05) is 17.8 Å². The van der Waals surface area contributed by atoms with E-state index in [1.54, 1.807) is 0 Å². The quantitative estimate of drug-likeness (QED) is 0.776. The van der Waals surface area contributed by atoms with Gasteiger partial charge < -0.3 is 11.5 Å². The number of allylic oxidation sites excluding steroid dienone is 1. The zero-order valence-electron chi connectivity index (χ0n) is 10.2. The normalized spacial score (nSPS) is 12.6. The predicted octanol–water partition coefficient (Wildman–Crippen LogP) is 2.78. The number of aryl methyl sites for hydroxylation is 1. The summed E-state index contributed by atoms with van der Waals surface area (Å²) in [6.07, 6.45) is 1.48. The molecular formula is C13H20N2S. The Hall–Kier alpha value is -1.35. The van der Waals surface area contributed by atoms with Crippen LogP contribution in [0.15, 0.2) is 30.1 Å². The molecule has 1 aromatic carbocycles. The molecule has 0 radical (unpaired) electrons. The Balaban J connectivity index is 0.00000106. The molecule has 2 nitrogen and oxygen atoms in total. The molecule has 0 aliphatic heterocycles. The van der Waals surface area contributed by atoms with E-state index in [1.165, 1.54) is 22.9 Å². The second kappa shape index (κ2) is 7.01. The van der Waals surface area contributed by atoms with Gasteiger partial charge >= 0.3 is 0 Å². The second-order valence-electron chi connectivity index (χ2n) is 3.68. The molecule has 0 spiro atoms. The minimum Gasteiger partial charge on any atom is -0.403 e. The van der Waals surface area contributed by atoms with Gasteiger partial charge in [-0.05, 0) is 36.4 Å². The highest BCUT2D eigenvalue weighted by Gasteiger charge is 2.11. The molecule has 1 unspecified atom stereocenters. The number of benzene rings is 1. The van der Waals surface area contributed by atoms with Gasteiger partial charge in [-0.25, -0.2) is 0 Å². The van der Waals surface area contributed by atoms with E-state index in [9.17, 15) is 0 Å². The standard InChI is InChI=1S/C12H18N2.CH2S/c1-8-5-4-6-11(9(8)2)10(3)12(14)7-13;1-2/h4-7,10H,13-14H2,1-3H3;1H2/b12-7-;. The van der Waals surface area contributed by atoms with Gasteiger partial charge in [-0.3, -0.25) is 0 Å². The number of rotatable bonds is 2. The Morgan fingerprint density at radius 1 is 1.38 bits per heavy atom. The van der Waals surface area contributed by atoms with Gasteiger partial charge in [-0.15, -0.1) is 0 Å². The highest BCUT2D eigenvalue weighted by Crippen LogP contribution is 2.25. The maximum absolute atomic E-state index is 5.80. The van der Waals surface area contributed by atoms with Crippen LogP contribution in [0, 0.1) is 13.8 Å². The van der Waals surface area contributed by atoms with Crippen molar-refractivity contribution in [1.82, 2.24) is 0 Å². The van der Waals surface area contributed by atoms with Crippen LogP contribution in [0.3, 0.4) is 0 Å². The first kappa shape index (κ1) is 14.6. The molecule has 0 fully saturated rings. The summed E-state index contributed by atoms with van der Waals surface area (Å²) < 4.78 is 0. The first-order valence-electron chi connectivity index (χ1n) is 5.10. The third-order valence-electron chi connectivity index (χ3n) is 2.81. The van der Waals surface area contributed by atoms with E-state index < -0.39 is 0 Å². The molecule has 0 bridgehead atoms. The highest BCUT2D eigenvalue weighted by molar-refractivity contribution is 7.77.